The molecule has 0 aliphatic carbocycles. The van der Waals surface area contributed by atoms with Gasteiger partial charge in [0.05, 0.1) is 0 Å². The molecule has 2 N–H and O–H groups in total. The van der Waals surface area contributed by atoms with Gasteiger partial charge in [-0.2, -0.15) is 0 Å². The molecule has 2 aromatic carbocycles. The van der Waals surface area contributed by atoms with Crippen molar-refractivity contribution in [1.29, 1.82) is 0 Å². The number of carbonyl (C=O) groups is 1. The summed E-state index contributed by atoms with van der Waals surface area (Å²) in [5.74, 6) is 0.850. The maximum Gasteiger partial charge on any atom is 0.314 e. The van der Waals surface area contributed by atoms with Crippen molar-refractivity contribution in [1.82, 2.24) is 15.2 Å². The smallest absolute Gasteiger partial charge is 0.314 e. The highest BCUT2D eigenvalue weighted by molar-refractivity contribution is 5.85. The van der Waals surface area contributed by atoms with Crippen LogP contribution >= 0.6 is 0 Å². The summed E-state index contributed by atoms with van der Waals surface area (Å²) in [6.07, 6.45) is 2.88. The van der Waals surface area contributed by atoms with Crippen molar-refractivity contribution in [3.8, 4) is 5.75 Å². The lowest BCUT2D eigenvalue weighted by molar-refractivity contribution is 0.243. The van der Waals surface area contributed by atoms with E-state index in [0.717, 1.165) is 28.6 Å². The largest absolute Gasteiger partial charge is 0.489 e. The minimum Gasteiger partial charge on any atom is -0.489 e. The third kappa shape index (κ3) is 4.12. The molecule has 0 aliphatic heterocycles. The van der Waals surface area contributed by atoms with Gasteiger partial charge in [-0.3, -0.25) is 0 Å². The Hall–Kier alpha value is -2.95. The van der Waals surface area contributed by atoms with Crippen LogP contribution in [0.1, 0.15) is 11.1 Å². The van der Waals surface area contributed by atoms with Gasteiger partial charge in [-0.1, -0.05) is 30.3 Å². The number of ether oxygens (including phenoxy) is 1. The van der Waals surface area contributed by atoms with Crippen LogP contribution in [0, 0.1) is 0 Å². The lowest BCUT2D eigenvalue weighted by Crippen LogP contribution is -2.33. The summed E-state index contributed by atoms with van der Waals surface area (Å²) >= 11 is 0. The van der Waals surface area contributed by atoms with E-state index in [-0.39, 0.29) is 6.03 Å². The van der Waals surface area contributed by atoms with Crippen molar-refractivity contribution in [2.24, 2.45) is 7.05 Å². The molecule has 0 saturated carbocycles. The second-order valence-corrected chi connectivity index (χ2v) is 5.97. The minimum atomic E-state index is -0.160. The molecule has 0 unspecified atom stereocenters. The summed E-state index contributed by atoms with van der Waals surface area (Å²) in [4.78, 5) is 11.3. The quantitative estimate of drug-likeness (QED) is 0.725. The normalized spacial score (nSPS) is 10.6. The first-order valence-electron chi connectivity index (χ1n) is 8.37. The maximum absolute atomic E-state index is 11.3. The van der Waals surface area contributed by atoms with Crippen LogP contribution in [-0.4, -0.2) is 24.2 Å². The van der Waals surface area contributed by atoms with Crippen LogP contribution in [0.4, 0.5) is 4.79 Å². The Kier molecular flexibility index (Phi) is 5.23. The molecule has 1 heterocycles. The van der Waals surface area contributed by atoms with E-state index in [2.05, 4.69) is 45.7 Å². The van der Waals surface area contributed by atoms with Gasteiger partial charge in [-0.25, -0.2) is 4.79 Å². The van der Waals surface area contributed by atoms with Gasteiger partial charge >= 0.3 is 6.03 Å². The lowest BCUT2D eigenvalue weighted by Gasteiger charge is -2.08. The van der Waals surface area contributed by atoms with Gasteiger partial charge in [-0.15, -0.1) is 0 Å². The van der Waals surface area contributed by atoms with Crippen molar-refractivity contribution >= 4 is 16.9 Å². The lowest BCUT2D eigenvalue weighted by atomic mass is 10.1. The van der Waals surface area contributed by atoms with Crippen LogP contribution in [0.15, 0.2) is 54.7 Å². The van der Waals surface area contributed by atoms with Crippen LogP contribution in [0.5, 0.6) is 5.75 Å². The number of benzene rings is 2. The molecular weight excluding hydrogens is 314 g/mol. The predicted molar refractivity (Wildman–Crippen MR) is 99.9 cm³/mol. The molecule has 1 aromatic heterocycles. The average Bonchev–Trinajstić information content (AvgIpc) is 2.96. The predicted octanol–water partition coefficient (Wildman–Crippen LogP) is 3.23. The number of nitrogens with one attached hydrogen (secondary N) is 2. The summed E-state index contributed by atoms with van der Waals surface area (Å²) in [6, 6.07) is 16.1. The number of carbonyl (C=O) groups excluding carboxylic acids is 1. The number of hydrogen-bond donors (Lipinski definition) is 2. The molecule has 5 nitrogen and oxygen atoms in total. The summed E-state index contributed by atoms with van der Waals surface area (Å²) in [6.45, 7) is 1.14. The SMILES string of the molecule is CNC(=O)NCCc1cn(C)c2ccc(OCc3ccccc3)cc12. The average molecular weight is 337 g/mol. The number of aromatic nitrogens is 1. The van der Waals surface area contributed by atoms with Crippen molar-refractivity contribution < 1.29 is 9.53 Å². The molecule has 130 valence electrons. The molecule has 0 saturated heterocycles. The van der Waals surface area contributed by atoms with Crippen LogP contribution in [-0.2, 0) is 20.1 Å². The van der Waals surface area contributed by atoms with Gasteiger partial charge in [0, 0.05) is 37.7 Å². The third-order valence-electron chi connectivity index (χ3n) is 4.20. The number of amides is 2. The van der Waals surface area contributed by atoms with Crippen LogP contribution in [0.2, 0.25) is 0 Å². The number of rotatable bonds is 6. The van der Waals surface area contributed by atoms with E-state index in [4.69, 9.17) is 4.74 Å². The van der Waals surface area contributed by atoms with Crippen LogP contribution in [0.3, 0.4) is 0 Å². The summed E-state index contributed by atoms with van der Waals surface area (Å²) in [7, 11) is 3.64. The Bertz CT molecular complexity index is 856. The van der Waals surface area contributed by atoms with Crippen molar-refractivity contribution in [3.63, 3.8) is 0 Å². The van der Waals surface area contributed by atoms with E-state index >= 15 is 0 Å². The molecule has 5 heteroatoms. The Morgan fingerprint density at radius 2 is 1.96 bits per heavy atom. The van der Waals surface area contributed by atoms with E-state index in [9.17, 15) is 4.79 Å². The van der Waals surface area contributed by atoms with Gasteiger partial charge < -0.3 is 19.9 Å². The van der Waals surface area contributed by atoms with Crippen molar-refractivity contribution in [2.75, 3.05) is 13.6 Å². The number of hydrogen-bond acceptors (Lipinski definition) is 2. The monoisotopic (exact) mass is 337 g/mol. The summed E-state index contributed by atoms with van der Waals surface area (Å²) in [5.41, 5.74) is 3.49. The topological polar surface area (TPSA) is 55.3 Å². The Balaban J connectivity index is 1.73. The number of fused-ring (bicyclic) bond motifs is 1. The van der Waals surface area contributed by atoms with E-state index in [0.29, 0.717) is 13.2 Å². The zero-order valence-electron chi connectivity index (χ0n) is 14.6. The molecule has 0 aliphatic rings. The van der Waals surface area contributed by atoms with Crippen molar-refractivity contribution in [3.05, 3.63) is 65.9 Å². The fraction of sp³-hybridized carbons (Fsp3) is 0.250. The molecule has 0 radical (unpaired) electrons. The highest BCUT2D eigenvalue weighted by Gasteiger charge is 2.09. The first-order valence-corrected chi connectivity index (χ1v) is 8.37. The maximum atomic E-state index is 11.3. The van der Waals surface area contributed by atoms with Gasteiger partial charge in [0.25, 0.3) is 0 Å². The molecule has 25 heavy (non-hydrogen) atoms. The molecule has 3 rings (SSSR count). The van der Waals surface area contributed by atoms with E-state index in [1.54, 1.807) is 7.05 Å². The van der Waals surface area contributed by atoms with Gasteiger partial charge in [0.2, 0.25) is 0 Å². The Morgan fingerprint density at radius 3 is 2.72 bits per heavy atom. The summed E-state index contributed by atoms with van der Waals surface area (Å²) in [5, 5.41) is 6.54. The highest BCUT2D eigenvalue weighted by Crippen LogP contribution is 2.26. The second kappa shape index (κ2) is 7.75. The standard InChI is InChI=1S/C20H23N3O2/c1-21-20(24)22-11-10-16-13-23(2)19-9-8-17(12-18(16)19)25-14-15-6-4-3-5-7-15/h3-9,12-13H,10-11,14H2,1-2H3,(H2,21,22,24). The zero-order valence-corrected chi connectivity index (χ0v) is 14.6. The Labute approximate surface area is 147 Å². The van der Waals surface area contributed by atoms with Crippen molar-refractivity contribution in [2.45, 2.75) is 13.0 Å². The van der Waals surface area contributed by atoms with Gasteiger partial charge in [0.1, 0.15) is 12.4 Å². The molecule has 2 amide bonds. The minimum absolute atomic E-state index is 0.160. The van der Waals surface area contributed by atoms with E-state index in [1.807, 2.05) is 31.3 Å². The van der Waals surface area contributed by atoms with E-state index in [1.165, 1.54) is 5.56 Å². The molecule has 0 bridgehead atoms. The van der Waals surface area contributed by atoms with Gasteiger partial charge in [-0.05, 0) is 35.7 Å². The molecular formula is C20H23N3O2. The highest BCUT2D eigenvalue weighted by atomic mass is 16.5. The van der Waals surface area contributed by atoms with Crippen LogP contribution in [0.25, 0.3) is 10.9 Å². The number of urea groups is 1. The summed E-state index contributed by atoms with van der Waals surface area (Å²) < 4.78 is 8.04. The zero-order chi connectivity index (χ0) is 17.6. The van der Waals surface area contributed by atoms with Crippen LogP contribution < -0.4 is 15.4 Å². The third-order valence-corrected chi connectivity index (χ3v) is 4.20. The number of aryl methyl sites for hydroxylation is 1. The fourth-order valence-corrected chi connectivity index (χ4v) is 2.88. The first-order chi connectivity index (χ1) is 12.2. The van der Waals surface area contributed by atoms with E-state index < -0.39 is 0 Å². The molecule has 0 spiro atoms. The molecule has 0 atom stereocenters. The first kappa shape index (κ1) is 16.9. The fourth-order valence-electron chi connectivity index (χ4n) is 2.88. The molecule has 0 fully saturated rings. The second-order valence-electron chi connectivity index (χ2n) is 5.97. The Morgan fingerprint density at radius 1 is 1.16 bits per heavy atom. The molecule has 3 aromatic rings. The van der Waals surface area contributed by atoms with Gasteiger partial charge in [0.15, 0.2) is 0 Å². The number of nitrogens with zero attached hydrogens (tertiary/aromatic N) is 1.